The first kappa shape index (κ1) is 45.4. The van der Waals surface area contributed by atoms with Crippen LogP contribution in [0.5, 0.6) is 40.2 Å². The van der Waals surface area contributed by atoms with Crippen molar-refractivity contribution < 1.29 is 57.8 Å². The van der Waals surface area contributed by atoms with Gasteiger partial charge >= 0.3 is 5.97 Å². The summed E-state index contributed by atoms with van der Waals surface area (Å²) in [6.07, 6.45) is 3.26. The molecular formula is C46H55N3O12. The standard InChI is InChI=1S/C26H32N2O7.C20H23NO5/c1-15(29)28-20-10-8-17-14-21(33-2)25(34-3)26(35-4)24(17)18-9-7-16(12-19(18)20)13-22(30)27-11-5-6-23(31)32;1-11(22)21-16-8-5-12-9-17(24-2)19(25-3)20(26-4)18(12)14-7-6-13(23)10-15(14)16/h7,9,12,14,20H,5-6,8,10-11,13H2,1-4H3,(H,27,30)(H,28,29)(H,31,32);6-7,9-10,16,23H,5,8H2,1-4H3,(H,21,22)/t20-;16-/m00/s1. The van der Waals surface area contributed by atoms with Gasteiger partial charge in [0.15, 0.2) is 23.0 Å². The van der Waals surface area contributed by atoms with E-state index in [0.717, 1.165) is 50.1 Å². The first-order chi connectivity index (χ1) is 29.3. The number of aromatic hydroxyl groups is 1. The Balaban J connectivity index is 0.000000241. The summed E-state index contributed by atoms with van der Waals surface area (Å²) in [5.74, 6) is 2.12. The third kappa shape index (κ3) is 10.4. The molecule has 6 rings (SSSR count). The average molecular weight is 842 g/mol. The normalized spacial score (nSPS) is 14.6. The van der Waals surface area contributed by atoms with Crippen molar-refractivity contribution in [1.29, 1.82) is 0 Å². The maximum absolute atomic E-state index is 12.4. The minimum absolute atomic E-state index is 0.00696. The van der Waals surface area contributed by atoms with Gasteiger partial charge in [0.1, 0.15) is 5.75 Å². The highest BCUT2D eigenvalue weighted by Crippen LogP contribution is 2.52. The largest absolute Gasteiger partial charge is 0.508 e. The van der Waals surface area contributed by atoms with E-state index in [1.54, 1.807) is 54.8 Å². The molecule has 2 atom stereocenters. The van der Waals surface area contributed by atoms with Gasteiger partial charge in [-0.05, 0) is 95.3 Å². The van der Waals surface area contributed by atoms with Gasteiger partial charge in [-0.2, -0.15) is 0 Å². The Bertz CT molecular complexity index is 2270. The van der Waals surface area contributed by atoms with Crippen molar-refractivity contribution in [1.82, 2.24) is 16.0 Å². The molecule has 15 nitrogen and oxygen atoms in total. The SMILES string of the molecule is COc1cc2c(c(OC)c1OC)-c1ccc(CC(=O)NCCCC(=O)O)cc1[C@@H](NC(C)=O)CC2.COc1cc2c(c(OC)c1OC)-c1ccc(O)cc1[C@@H](NC(C)=O)CC2. The molecule has 2 aliphatic rings. The van der Waals surface area contributed by atoms with E-state index in [0.29, 0.717) is 73.1 Å². The molecule has 4 aromatic carbocycles. The van der Waals surface area contributed by atoms with E-state index in [1.165, 1.54) is 13.8 Å². The number of carbonyl (C=O) groups is 4. The van der Waals surface area contributed by atoms with Crippen LogP contribution in [0.25, 0.3) is 22.3 Å². The van der Waals surface area contributed by atoms with E-state index in [-0.39, 0.29) is 48.4 Å². The summed E-state index contributed by atoms with van der Waals surface area (Å²) in [6, 6.07) is 14.4. The summed E-state index contributed by atoms with van der Waals surface area (Å²) in [7, 11) is 9.47. The van der Waals surface area contributed by atoms with Gasteiger partial charge in [-0.15, -0.1) is 0 Å². The molecule has 0 spiro atoms. The molecule has 15 heteroatoms. The van der Waals surface area contributed by atoms with Crippen LogP contribution >= 0.6 is 0 Å². The smallest absolute Gasteiger partial charge is 0.303 e. The lowest BCUT2D eigenvalue weighted by Crippen LogP contribution is -2.27. The maximum Gasteiger partial charge on any atom is 0.303 e. The van der Waals surface area contributed by atoms with Crippen LogP contribution < -0.4 is 44.4 Å². The van der Waals surface area contributed by atoms with Gasteiger partial charge in [-0.3, -0.25) is 19.2 Å². The molecule has 3 amide bonds. The number of aryl methyl sites for hydroxylation is 2. The summed E-state index contributed by atoms with van der Waals surface area (Å²) in [5, 5.41) is 27.5. The van der Waals surface area contributed by atoms with Crippen molar-refractivity contribution in [2.75, 3.05) is 49.2 Å². The molecule has 5 N–H and O–H groups in total. The zero-order valence-electron chi connectivity index (χ0n) is 35.9. The number of carboxylic acids is 1. The van der Waals surface area contributed by atoms with Crippen LogP contribution in [0.2, 0.25) is 0 Å². The minimum atomic E-state index is -0.890. The fourth-order valence-corrected chi connectivity index (χ4v) is 8.12. The van der Waals surface area contributed by atoms with E-state index in [4.69, 9.17) is 33.5 Å². The summed E-state index contributed by atoms with van der Waals surface area (Å²) in [5.41, 5.74) is 8.14. The highest BCUT2D eigenvalue weighted by molar-refractivity contribution is 5.86. The van der Waals surface area contributed by atoms with Gasteiger partial charge < -0.3 is 54.6 Å². The second-order valence-electron chi connectivity index (χ2n) is 14.7. The van der Waals surface area contributed by atoms with Crippen molar-refractivity contribution in [3.63, 3.8) is 0 Å². The number of fused-ring (bicyclic) bond motifs is 6. The van der Waals surface area contributed by atoms with E-state index in [2.05, 4.69) is 16.0 Å². The van der Waals surface area contributed by atoms with Gasteiger partial charge in [-0.1, -0.05) is 24.3 Å². The number of hydrogen-bond acceptors (Lipinski definition) is 11. The zero-order valence-corrected chi connectivity index (χ0v) is 35.9. The lowest BCUT2D eigenvalue weighted by molar-refractivity contribution is -0.137. The Morgan fingerprint density at radius 2 is 1.11 bits per heavy atom. The van der Waals surface area contributed by atoms with E-state index >= 15 is 0 Å². The first-order valence-corrected chi connectivity index (χ1v) is 19.9. The molecule has 61 heavy (non-hydrogen) atoms. The second-order valence-corrected chi connectivity index (χ2v) is 14.7. The predicted octanol–water partition coefficient (Wildman–Crippen LogP) is 6.23. The molecule has 4 aromatic rings. The van der Waals surface area contributed by atoms with Gasteiger partial charge in [0.2, 0.25) is 29.2 Å². The number of nitrogens with one attached hydrogen (secondary N) is 3. The lowest BCUT2D eigenvalue weighted by atomic mass is 9.91. The highest BCUT2D eigenvalue weighted by Gasteiger charge is 2.31. The maximum atomic E-state index is 12.4. The molecule has 326 valence electrons. The molecular weight excluding hydrogens is 787 g/mol. The number of aliphatic carboxylic acids is 1. The summed E-state index contributed by atoms with van der Waals surface area (Å²) >= 11 is 0. The molecule has 0 unspecified atom stereocenters. The van der Waals surface area contributed by atoms with Crippen LogP contribution in [0.15, 0.2) is 48.5 Å². The van der Waals surface area contributed by atoms with E-state index in [1.807, 2.05) is 36.4 Å². The van der Waals surface area contributed by atoms with Crippen molar-refractivity contribution >= 4 is 23.7 Å². The molecule has 0 heterocycles. The predicted molar refractivity (Wildman–Crippen MR) is 228 cm³/mol. The number of phenolic OH excluding ortho intramolecular Hbond substituents is 1. The Kier molecular flexibility index (Phi) is 15.3. The molecule has 0 radical (unpaired) electrons. The summed E-state index contributed by atoms with van der Waals surface area (Å²) < 4.78 is 33.6. The van der Waals surface area contributed by atoms with Gasteiger partial charge in [0.25, 0.3) is 0 Å². The molecule has 2 aliphatic carbocycles. The second kappa shape index (κ2) is 20.6. The number of phenols is 1. The van der Waals surface area contributed by atoms with Gasteiger partial charge in [-0.25, -0.2) is 0 Å². The molecule has 0 aliphatic heterocycles. The fraction of sp³-hybridized carbons (Fsp3) is 0.391. The Labute approximate surface area is 355 Å². The number of benzene rings is 4. The number of rotatable bonds is 14. The van der Waals surface area contributed by atoms with Crippen molar-refractivity contribution in [3.05, 3.63) is 76.3 Å². The van der Waals surface area contributed by atoms with Gasteiger partial charge in [0.05, 0.1) is 61.2 Å². The van der Waals surface area contributed by atoms with E-state index in [9.17, 15) is 24.3 Å². The van der Waals surface area contributed by atoms with Crippen molar-refractivity contribution in [2.45, 2.75) is 70.9 Å². The number of carboxylic acid groups (broad SMARTS) is 1. The fourth-order valence-electron chi connectivity index (χ4n) is 8.12. The van der Waals surface area contributed by atoms with E-state index < -0.39 is 5.97 Å². The Morgan fingerprint density at radius 3 is 1.56 bits per heavy atom. The molecule has 0 fully saturated rings. The van der Waals surface area contributed by atoms with Crippen LogP contribution in [-0.4, -0.2) is 83.1 Å². The van der Waals surface area contributed by atoms with Crippen LogP contribution in [-0.2, 0) is 38.4 Å². The van der Waals surface area contributed by atoms with Crippen molar-refractivity contribution in [2.24, 2.45) is 0 Å². The zero-order chi connectivity index (χ0) is 44.4. The monoisotopic (exact) mass is 841 g/mol. The molecule has 0 saturated heterocycles. The number of amides is 3. The van der Waals surface area contributed by atoms with Crippen LogP contribution in [0.1, 0.15) is 79.4 Å². The number of methoxy groups -OCH3 is 6. The van der Waals surface area contributed by atoms with Gasteiger partial charge in [0, 0.05) is 37.9 Å². The average Bonchev–Trinajstić information content (AvgIpc) is 3.47. The minimum Gasteiger partial charge on any atom is -0.508 e. The summed E-state index contributed by atoms with van der Waals surface area (Å²) in [4.78, 5) is 46.8. The third-order valence-electron chi connectivity index (χ3n) is 10.7. The Hall–Kier alpha value is -6.64. The lowest BCUT2D eigenvalue weighted by Gasteiger charge is -2.21. The molecule has 0 saturated carbocycles. The van der Waals surface area contributed by atoms with Crippen LogP contribution in [0.4, 0.5) is 0 Å². The quantitative estimate of drug-likeness (QED) is 0.0898. The topological polar surface area (TPSA) is 200 Å². The van der Waals surface area contributed by atoms with Crippen molar-refractivity contribution in [3.8, 4) is 62.5 Å². The number of carbonyl (C=O) groups excluding carboxylic acids is 3. The first-order valence-electron chi connectivity index (χ1n) is 19.9. The van der Waals surface area contributed by atoms with Crippen LogP contribution in [0, 0.1) is 0 Å². The Morgan fingerprint density at radius 1 is 0.639 bits per heavy atom. The number of hydrogen-bond donors (Lipinski definition) is 5. The molecule has 0 aromatic heterocycles. The highest BCUT2D eigenvalue weighted by atomic mass is 16.5. The molecule has 0 bridgehead atoms. The third-order valence-corrected chi connectivity index (χ3v) is 10.7. The van der Waals surface area contributed by atoms with Crippen LogP contribution in [0.3, 0.4) is 0 Å². The number of ether oxygens (including phenoxy) is 6. The summed E-state index contributed by atoms with van der Waals surface area (Å²) in [6.45, 7) is 3.28.